The summed E-state index contributed by atoms with van der Waals surface area (Å²) in [7, 11) is 0. The van der Waals surface area contributed by atoms with Crippen molar-refractivity contribution in [3.63, 3.8) is 0 Å². The van der Waals surface area contributed by atoms with Crippen molar-refractivity contribution in [2.75, 3.05) is 10.6 Å². The van der Waals surface area contributed by atoms with E-state index in [2.05, 4.69) is 22.9 Å². The molecule has 7 heteroatoms. The van der Waals surface area contributed by atoms with Crippen LogP contribution in [0.4, 0.5) is 11.4 Å². The van der Waals surface area contributed by atoms with Crippen molar-refractivity contribution in [2.45, 2.75) is 39.2 Å². The summed E-state index contributed by atoms with van der Waals surface area (Å²) in [6.45, 7) is 4.05. The first-order chi connectivity index (χ1) is 16.4. The van der Waals surface area contributed by atoms with Gasteiger partial charge < -0.3 is 15.4 Å². The third kappa shape index (κ3) is 8.01. The highest BCUT2D eigenvalue weighted by Gasteiger charge is 2.10. The van der Waals surface area contributed by atoms with Crippen molar-refractivity contribution in [3.05, 3.63) is 90.0 Å². The van der Waals surface area contributed by atoms with Gasteiger partial charge in [-0.15, -0.1) is 0 Å². The van der Waals surface area contributed by atoms with Crippen molar-refractivity contribution in [2.24, 2.45) is 0 Å². The molecule has 0 aliphatic carbocycles. The van der Waals surface area contributed by atoms with Gasteiger partial charge in [-0.2, -0.15) is 0 Å². The minimum Gasteiger partial charge on any atom is -0.491 e. The Kier molecular flexibility index (Phi) is 9.17. The van der Waals surface area contributed by atoms with Gasteiger partial charge in [-0.3, -0.25) is 14.9 Å². The molecule has 0 aliphatic rings. The molecule has 3 rings (SSSR count). The second kappa shape index (κ2) is 12.5. The molecular formula is C27H29N3O3S. The minimum atomic E-state index is -0.310. The zero-order chi connectivity index (χ0) is 24.3. The summed E-state index contributed by atoms with van der Waals surface area (Å²) in [4.78, 5) is 24.6. The number of aryl methyl sites for hydroxylation is 1. The lowest BCUT2D eigenvalue weighted by molar-refractivity contribution is -0.116. The number of benzene rings is 3. The molecule has 0 heterocycles. The van der Waals surface area contributed by atoms with Gasteiger partial charge in [-0.25, -0.2) is 0 Å². The predicted octanol–water partition coefficient (Wildman–Crippen LogP) is 5.56. The van der Waals surface area contributed by atoms with Crippen LogP contribution in [0.2, 0.25) is 0 Å². The molecule has 0 aliphatic heterocycles. The van der Waals surface area contributed by atoms with Crippen LogP contribution in [0.25, 0.3) is 0 Å². The quantitative estimate of drug-likeness (QED) is 0.353. The van der Waals surface area contributed by atoms with Crippen LogP contribution in [-0.4, -0.2) is 23.0 Å². The summed E-state index contributed by atoms with van der Waals surface area (Å²) in [6.07, 6.45) is 2.12. The molecule has 1 unspecified atom stereocenters. The molecule has 0 saturated heterocycles. The second-order valence-electron chi connectivity index (χ2n) is 7.88. The van der Waals surface area contributed by atoms with E-state index in [1.165, 1.54) is 0 Å². The molecule has 0 spiro atoms. The number of hydrogen-bond acceptors (Lipinski definition) is 4. The Labute approximate surface area is 205 Å². The molecule has 3 aromatic carbocycles. The molecule has 176 valence electrons. The lowest BCUT2D eigenvalue weighted by Gasteiger charge is -2.13. The summed E-state index contributed by atoms with van der Waals surface area (Å²) in [5.74, 6) is 0.363. The van der Waals surface area contributed by atoms with Gasteiger partial charge in [0.2, 0.25) is 5.91 Å². The van der Waals surface area contributed by atoms with Gasteiger partial charge in [-0.1, -0.05) is 37.3 Å². The van der Waals surface area contributed by atoms with Crippen molar-refractivity contribution < 1.29 is 14.3 Å². The molecule has 2 amide bonds. The standard InChI is InChI=1S/C27H29N3O3S/c1-3-19(2)33-24-16-10-21(11-17-24)26(32)30-27(34)29-23-14-12-22(13-15-23)28-25(31)18-9-20-7-5-4-6-8-20/h4-8,10-17,19H,3,9,18H2,1-2H3,(H,28,31)(H2,29,30,32,34). The Morgan fingerprint density at radius 1 is 0.882 bits per heavy atom. The topological polar surface area (TPSA) is 79.5 Å². The largest absolute Gasteiger partial charge is 0.491 e. The number of hydrogen-bond donors (Lipinski definition) is 3. The van der Waals surface area contributed by atoms with E-state index in [4.69, 9.17) is 17.0 Å². The van der Waals surface area contributed by atoms with Crippen LogP contribution < -0.4 is 20.7 Å². The van der Waals surface area contributed by atoms with E-state index in [0.29, 0.717) is 29.8 Å². The summed E-state index contributed by atoms with van der Waals surface area (Å²) in [5.41, 5.74) is 3.00. The maximum absolute atomic E-state index is 12.4. The fourth-order valence-corrected chi connectivity index (χ4v) is 3.31. The highest BCUT2D eigenvalue weighted by Crippen LogP contribution is 2.16. The number of carbonyl (C=O) groups excluding carboxylic acids is 2. The Bertz CT molecular complexity index is 1100. The maximum atomic E-state index is 12.4. The van der Waals surface area contributed by atoms with Gasteiger partial charge in [0.1, 0.15) is 5.75 Å². The van der Waals surface area contributed by atoms with Gasteiger partial charge in [0.15, 0.2) is 5.11 Å². The van der Waals surface area contributed by atoms with Gasteiger partial charge in [0.25, 0.3) is 5.91 Å². The maximum Gasteiger partial charge on any atom is 0.257 e. The van der Waals surface area contributed by atoms with Crippen LogP contribution in [-0.2, 0) is 11.2 Å². The van der Waals surface area contributed by atoms with Gasteiger partial charge in [-0.05, 0) is 86.1 Å². The van der Waals surface area contributed by atoms with E-state index in [1.807, 2.05) is 37.3 Å². The molecule has 0 bridgehead atoms. The third-order valence-electron chi connectivity index (χ3n) is 5.17. The fourth-order valence-electron chi connectivity index (χ4n) is 3.10. The molecule has 0 aromatic heterocycles. The molecule has 0 fully saturated rings. The van der Waals surface area contributed by atoms with Crippen LogP contribution in [0.5, 0.6) is 5.75 Å². The lowest BCUT2D eigenvalue weighted by atomic mass is 10.1. The zero-order valence-electron chi connectivity index (χ0n) is 19.3. The molecule has 1 atom stereocenters. The fraction of sp³-hybridized carbons (Fsp3) is 0.222. The second-order valence-corrected chi connectivity index (χ2v) is 8.29. The summed E-state index contributed by atoms with van der Waals surface area (Å²) in [5, 5.41) is 8.71. The number of rotatable bonds is 9. The molecule has 3 N–H and O–H groups in total. The SMILES string of the molecule is CCC(C)Oc1ccc(C(=O)NC(=S)Nc2ccc(NC(=O)CCc3ccccc3)cc2)cc1. The molecular weight excluding hydrogens is 446 g/mol. The highest BCUT2D eigenvalue weighted by molar-refractivity contribution is 7.80. The van der Waals surface area contributed by atoms with Crippen LogP contribution in [0.15, 0.2) is 78.9 Å². The minimum absolute atomic E-state index is 0.0482. The van der Waals surface area contributed by atoms with E-state index in [0.717, 1.165) is 17.7 Å². The van der Waals surface area contributed by atoms with Gasteiger partial charge >= 0.3 is 0 Å². The normalized spacial score (nSPS) is 11.2. The molecule has 34 heavy (non-hydrogen) atoms. The van der Waals surface area contributed by atoms with Gasteiger partial charge in [0.05, 0.1) is 6.10 Å². The number of nitrogens with one attached hydrogen (secondary N) is 3. The number of ether oxygens (including phenoxy) is 1. The molecule has 0 saturated carbocycles. The van der Waals surface area contributed by atoms with Crippen LogP contribution in [0, 0.1) is 0 Å². The van der Waals surface area contributed by atoms with Crippen LogP contribution in [0.1, 0.15) is 42.6 Å². The molecule has 6 nitrogen and oxygen atoms in total. The number of anilines is 2. The summed E-state index contributed by atoms with van der Waals surface area (Å²) < 4.78 is 5.73. The lowest BCUT2D eigenvalue weighted by Crippen LogP contribution is -2.34. The number of amides is 2. The average Bonchev–Trinajstić information content (AvgIpc) is 2.85. The van der Waals surface area contributed by atoms with E-state index in [-0.39, 0.29) is 23.0 Å². The molecule has 3 aromatic rings. The number of carbonyl (C=O) groups is 2. The first kappa shape index (κ1) is 24.9. The highest BCUT2D eigenvalue weighted by atomic mass is 32.1. The third-order valence-corrected chi connectivity index (χ3v) is 5.37. The van der Waals surface area contributed by atoms with Crippen molar-refractivity contribution in [3.8, 4) is 5.75 Å². The summed E-state index contributed by atoms with van der Waals surface area (Å²) in [6, 6.07) is 24.0. The van der Waals surface area contributed by atoms with Crippen LogP contribution >= 0.6 is 12.2 Å². The monoisotopic (exact) mass is 475 g/mol. The van der Waals surface area contributed by atoms with E-state index in [1.54, 1.807) is 48.5 Å². The first-order valence-electron chi connectivity index (χ1n) is 11.3. The van der Waals surface area contributed by atoms with Crippen LogP contribution in [0.3, 0.4) is 0 Å². The Morgan fingerprint density at radius 2 is 1.50 bits per heavy atom. The average molecular weight is 476 g/mol. The smallest absolute Gasteiger partial charge is 0.257 e. The first-order valence-corrected chi connectivity index (χ1v) is 11.7. The van der Waals surface area contributed by atoms with E-state index >= 15 is 0 Å². The summed E-state index contributed by atoms with van der Waals surface area (Å²) >= 11 is 5.26. The van der Waals surface area contributed by atoms with Crippen molar-refractivity contribution >= 4 is 40.5 Å². The Morgan fingerprint density at radius 3 is 2.12 bits per heavy atom. The Balaban J connectivity index is 1.44. The van der Waals surface area contributed by atoms with E-state index < -0.39 is 0 Å². The van der Waals surface area contributed by atoms with Crippen molar-refractivity contribution in [1.82, 2.24) is 5.32 Å². The zero-order valence-corrected chi connectivity index (χ0v) is 20.2. The number of thiocarbonyl (C=S) groups is 1. The Hall–Kier alpha value is -3.71. The van der Waals surface area contributed by atoms with E-state index in [9.17, 15) is 9.59 Å². The predicted molar refractivity (Wildman–Crippen MR) is 140 cm³/mol. The van der Waals surface area contributed by atoms with Gasteiger partial charge in [0, 0.05) is 23.4 Å². The molecule has 0 radical (unpaired) electrons. The van der Waals surface area contributed by atoms with Crippen molar-refractivity contribution in [1.29, 1.82) is 0 Å².